The van der Waals surface area contributed by atoms with Gasteiger partial charge in [0.15, 0.2) is 0 Å². The van der Waals surface area contributed by atoms with Gasteiger partial charge >= 0.3 is 0 Å². The van der Waals surface area contributed by atoms with Crippen LogP contribution in [0.2, 0.25) is 0 Å². The molecule has 0 spiro atoms. The largest absolute Gasteiger partial charge is 0.309 e. The van der Waals surface area contributed by atoms with Gasteiger partial charge in [-0.05, 0) is 49.7 Å². The smallest absolute Gasteiger partial charge is 0.258 e. The van der Waals surface area contributed by atoms with Gasteiger partial charge in [0.2, 0.25) is 0 Å². The third kappa shape index (κ3) is 3.49. The number of aryl methyl sites for hydroxylation is 1. The standard InChI is InChI=1S/C16H15Br2NO/c1-3-19(15-6-4-5-11(2)7-15)16(20)12-8-13(17)10-14(18)9-12/h4-10H,3H2,1-2H3. The van der Waals surface area contributed by atoms with E-state index in [9.17, 15) is 4.79 Å². The fourth-order valence-corrected chi connectivity index (χ4v) is 3.37. The second-order valence-electron chi connectivity index (χ2n) is 4.55. The summed E-state index contributed by atoms with van der Waals surface area (Å²) in [6.45, 7) is 4.64. The minimum atomic E-state index is 0.0000926. The highest BCUT2D eigenvalue weighted by molar-refractivity contribution is 9.11. The van der Waals surface area contributed by atoms with Crippen molar-refractivity contribution in [3.8, 4) is 0 Å². The number of hydrogen-bond donors (Lipinski definition) is 0. The van der Waals surface area contributed by atoms with Crippen LogP contribution in [0.4, 0.5) is 5.69 Å². The van der Waals surface area contributed by atoms with Crippen molar-refractivity contribution < 1.29 is 4.79 Å². The number of rotatable bonds is 3. The Hall–Kier alpha value is -1.13. The van der Waals surface area contributed by atoms with Gasteiger partial charge in [0, 0.05) is 26.7 Å². The van der Waals surface area contributed by atoms with E-state index in [1.54, 1.807) is 4.90 Å². The number of benzene rings is 2. The normalized spacial score (nSPS) is 10.4. The first-order valence-corrected chi connectivity index (χ1v) is 7.94. The molecule has 0 aliphatic rings. The Morgan fingerprint density at radius 2 is 1.75 bits per heavy atom. The summed E-state index contributed by atoms with van der Waals surface area (Å²) >= 11 is 6.84. The molecule has 0 fully saturated rings. The number of carbonyl (C=O) groups is 1. The molecular formula is C16H15Br2NO. The fraction of sp³-hybridized carbons (Fsp3) is 0.188. The molecule has 0 aromatic heterocycles. The van der Waals surface area contributed by atoms with Crippen LogP contribution in [0.5, 0.6) is 0 Å². The van der Waals surface area contributed by atoms with Crippen LogP contribution >= 0.6 is 31.9 Å². The van der Waals surface area contributed by atoms with Gasteiger partial charge in [-0.15, -0.1) is 0 Å². The van der Waals surface area contributed by atoms with E-state index in [4.69, 9.17) is 0 Å². The highest BCUT2D eigenvalue weighted by Crippen LogP contribution is 2.23. The van der Waals surface area contributed by atoms with Crippen LogP contribution in [-0.4, -0.2) is 12.5 Å². The average Bonchev–Trinajstić information content (AvgIpc) is 2.38. The number of carbonyl (C=O) groups excluding carboxylic acids is 1. The maximum absolute atomic E-state index is 12.7. The molecule has 0 atom stereocenters. The van der Waals surface area contributed by atoms with Crippen LogP contribution in [-0.2, 0) is 0 Å². The van der Waals surface area contributed by atoms with E-state index in [2.05, 4.69) is 31.9 Å². The zero-order valence-corrected chi connectivity index (χ0v) is 14.5. The Morgan fingerprint density at radius 3 is 2.30 bits per heavy atom. The van der Waals surface area contributed by atoms with Crippen molar-refractivity contribution in [3.63, 3.8) is 0 Å². The van der Waals surface area contributed by atoms with Crippen molar-refractivity contribution in [3.05, 3.63) is 62.5 Å². The van der Waals surface area contributed by atoms with Crippen LogP contribution in [0, 0.1) is 6.92 Å². The maximum atomic E-state index is 12.7. The molecule has 2 aromatic rings. The summed E-state index contributed by atoms with van der Waals surface area (Å²) in [5, 5.41) is 0. The second kappa shape index (κ2) is 6.55. The van der Waals surface area contributed by atoms with Gasteiger partial charge in [0.25, 0.3) is 5.91 Å². The van der Waals surface area contributed by atoms with Gasteiger partial charge in [-0.25, -0.2) is 0 Å². The van der Waals surface area contributed by atoms with Gasteiger partial charge in [-0.1, -0.05) is 44.0 Å². The first-order chi connectivity index (χ1) is 9.51. The Labute approximate surface area is 136 Å². The molecule has 4 heteroatoms. The molecule has 104 valence electrons. The third-order valence-electron chi connectivity index (χ3n) is 2.98. The highest BCUT2D eigenvalue weighted by Gasteiger charge is 2.17. The van der Waals surface area contributed by atoms with Crippen LogP contribution in [0.15, 0.2) is 51.4 Å². The lowest BCUT2D eigenvalue weighted by molar-refractivity contribution is 0.0988. The molecule has 0 saturated carbocycles. The highest BCUT2D eigenvalue weighted by atomic mass is 79.9. The summed E-state index contributed by atoms with van der Waals surface area (Å²) in [5.74, 6) is 0.0000926. The van der Waals surface area contributed by atoms with Crippen LogP contribution in [0.25, 0.3) is 0 Å². The molecule has 0 heterocycles. The van der Waals surface area contributed by atoms with Crippen molar-refractivity contribution in [2.45, 2.75) is 13.8 Å². The number of hydrogen-bond acceptors (Lipinski definition) is 1. The van der Waals surface area contributed by atoms with E-state index in [1.165, 1.54) is 0 Å². The molecule has 1 amide bonds. The second-order valence-corrected chi connectivity index (χ2v) is 6.38. The molecule has 0 unspecified atom stereocenters. The number of halogens is 2. The summed E-state index contributed by atoms with van der Waals surface area (Å²) in [5.41, 5.74) is 2.73. The summed E-state index contributed by atoms with van der Waals surface area (Å²) in [6, 6.07) is 13.6. The summed E-state index contributed by atoms with van der Waals surface area (Å²) in [4.78, 5) is 14.5. The Bertz CT molecular complexity index is 620. The van der Waals surface area contributed by atoms with E-state index in [0.29, 0.717) is 12.1 Å². The lowest BCUT2D eigenvalue weighted by atomic mass is 10.1. The molecule has 2 nitrogen and oxygen atoms in total. The lowest BCUT2D eigenvalue weighted by Crippen LogP contribution is -2.30. The first-order valence-electron chi connectivity index (χ1n) is 6.36. The number of nitrogens with zero attached hydrogens (tertiary/aromatic N) is 1. The van der Waals surface area contributed by atoms with Crippen LogP contribution in [0.1, 0.15) is 22.8 Å². The van der Waals surface area contributed by atoms with Gasteiger partial charge in [-0.2, -0.15) is 0 Å². The molecule has 0 saturated heterocycles. The van der Waals surface area contributed by atoms with Crippen molar-refractivity contribution in [2.75, 3.05) is 11.4 Å². The van der Waals surface area contributed by atoms with E-state index in [-0.39, 0.29) is 5.91 Å². The zero-order chi connectivity index (χ0) is 14.7. The molecule has 0 bridgehead atoms. The fourth-order valence-electron chi connectivity index (χ4n) is 2.07. The van der Waals surface area contributed by atoms with E-state index >= 15 is 0 Å². The molecule has 0 radical (unpaired) electrons. The summed E-state index contributed by atoms with van der Waals surface area (Å²) < 4.78 is 1.77. The average molecular weight is 397 g/mol. The number of amides is 1. The molecule has 2 aromatic carbocycles. The first kappa shape index (κ1) is 15.3. The van der Waals surface area contributed by atoms with Crippen molar-refractivity contribution in [1.29, 1.82) is 0 Å². The van der Waals surface area contributed by atoms with Crippen LogP contribution < -0.4 is 4.90 Å². The Balaban J connectivity index is 2.38. The van der Waals surface area contributed by atoms with Gasteiger partial charge in [0.1, 0.15) is 0 Å². The molecule has 0 N–H and O–H groups in total. The van der Waals surface area contributed by atoms with Gasteiger partial charge in [0.05, 0.1) is 0 Å². The topological polar surface area (TPSA) is 20.3 Å². The number of anilines is 1. The van der Waals surface area contributed by atoms with Gasteiger partial charge < -0.3 is 4.90 Å². The molecular weight excluding hydrogens is 382 g/mol. The Kier molecular flexibility index (Phi) is 5.00. The molecule has 0 aliphatic heterocycles. The molecule has 20 heavy (non-hydrogen) atoms. The van der Waals surface area contributed by atoms with Crippen molar-refractivity contribution in [1.82, 2.24) is 0 Å². The quantitative estimate of drug-likeness (QED) is 0.699. The molecule has 0 aliphatic carbocycles. The van der Waals surface area contributed by atoms with Crippen molar-refractivity contribution in [2.24, 2.45) is 0 Å². The summed E-state index contributed by atoms with van der Waals surface area (Å²) in [6.07, 6.45) is 0. The monoisotopic (exact) mass is 395 g/mol. The predicted octanol–water partition coefficient (Wildman–Crippen LogP) is 5.19. The van der Waals surface area contributed by atoms with E-state index in [0.717, 1.165) is 20.2 Å². The molecule has 2 rings (SSSR count). The zero-order valence-electron chi connectivity index (χ0n) is 11.4. The summed E-state index contributed by atoms with van der Waals surface area (Å²) in [7, 11) is 0. The SMILES string of the molecule is CCN(C(=O)c1cc(Br)cc(Br)c1)c1cccc(C)c1. The van der Waals surface area contributed by atoms with Crippen LogP contribution in [0.3, 0.4) is 0 Å². The van der Waals surface area contributed by atoms with Crippen molar-refractivity contribution >= 4 is 43.5 Å². The van der Waals surface area contributed by atoms with Gasteiger partial charge in [-0.3, -0.25) is 4.79 Å². The minimum Gasteiger partial charge on any atom is -0.309 e. The Morgan fingerprint density at radius 1 is 1.10 bits per heavy atom. The predicted molar refractivity (Wildman–Crippen MR) is 90.4 cm³/mol. The van der Waals surface area contributed by atoms with E-state index in [1.807, 2.05) is 56.3 Å². The maximum Gasteiger partial charge on any atom is 0.258 e. The minimum absolute atomic E-state index is 0.0000926. The third-order valence-corrected chi connectivity index (χ3v) is 3.90. The lowest BCUT2D eigenvalue weighted by Gasteiger charge is -2.21. The van der Waals surface area contributed by atoms with E-state index < -0.39 is 0 Å².